The number of amides is 1. The molecule has 130 valence electrons. The molecule has 7 nitrogen and oxygen atoms in total. The first kappa shape index (κ1) is 17.0. The van der Waals surface area contributed by atoms with Gasteiger partial charge in [-0.3, -0.25) is 9.59 Å². The van der Waals surface area contributed by atoms with Crippen molar-refractivity contribution in [1.29, 1.82) is 0 Å². The number of carboxylic acid groups (broad SMARTS) is 1. The van der Waals surface area contributed by atoms with Crippen LogP contribution >= 0.6 is 0 Å². The van der Waals surface area contributed by atoms with Gasteiger partial charge in [0.1, 0.15) is 0 Å². The van der Waals surface area contributed by atoms with E-state index in [0.29, 0.717) is 30.1 Å². The van der Waals surface area contributed by atoms with Gasteiger partial charge in [-0.05, 0) is 13.3 Å². The molecular weight excluding hydrogens is 322 g/mol. The molecule has 0 radical (unpaired) electrons. The molecule has 3 rings (SSSR count). The van der Waals surface area contributed by atoms with Gasteiger partial charge in [0.15, 0.2) is 5.82 Å². The summed E-state index contributed by atoms with van der Waals surface area (Å²) in [5.74, 6) is -0.818. The second-order valence-corrected chi connectivity index (χ2v) is 6.17. The zero-order valence-electron chi connectivity index (χ0n) is 13.9. The van der Waals surface area contributed by atoms with Crippen LogP contribution in [-0.4, -0.2) is 45.7 Å². The Morgan fingerprint density at radius 1 is 1.32 bits per heavy atom. The summed E-state index contributed by atoms with van der Waals surface area (Å²) in [5.41, 5.74) is 0.851. The van der Waals surface area contributed by atoms with Crippen LogP contribution < -0.4 is 5.32 Å². The fourth-order valence-corrected chi connectivity index (χ4v) is 2.90. The Morgan fingerprint density at radius 3 is 2.68 bits per heavy atom. The van der Waals surface area contributed by atoms with E-state index >= 15 is 0 Å². The van der Waals surface area contributed by atoms with E-state index in [4.69, 9.17) is 9.84 Å². The summed E-state index contributed by atoms with van der Waals surface area (Å²) in [6.45, 7) is 2.35. The Labute approximate surface area is 145 Å². The second-order valence-electron chi connectivity index (χ2n) is 6.17. The Balaban J connectivity index is 1.81. The lowest BCUT2D eigenvalue weighted by Gasteiger charge is -2.27. The molecule has 2 aromatic rings. The topological polar surface area (TPSA) is 101 Å². The summed E-state index contributed by atoms with van der Waals surface area (Å²) < 4.78 is 5.30. The van der Waals surface area contributed by atoms with E-state index in [2.05, 4.69) is 15.3 Å². The number of carbonyl (C=O) groups is 2. The third kappa shape index (κ3) is 3.83. The van der Waals surface area contributed by atoms with E-state index in [1.54, 1.807) is 6.92 Å². The van der Waals surface area contributed by atoms with Gasteiger partial charge in [-0.25, -0.2) is 9.97 Å². The quantitative estimate of drug-likeness (QED) is 0.860. The number of nitrogens with zero attached hydrogens (tertiary/aromatic N) is 2. The largest absolute Gasteiger partial charge is 0.481 e. The standard InChI is InChI=1S/C18H19N3O4/c1-12-14(10-19-16(20-12)13-5-3-2-4-6-13)17(24)21-18(9-15(22)23)7-8-25-11-18/h2-6,10H,7-9,11H2,1H3,(H,21,24)(H,22,23). The number of carbonyl (C=O) groups excluding carboxylic acids is 1. The molecule has 2 heterocycles. The molecule has 1 atom stereocenters. The van der Waals surface area contributed by atoms with Gasteiger partial charge in [0.05, 0.1) is 29.8 Å². The molecule has 0 bridgehead atoms. The van der Waals surface area contributed by atoms with Gasteiger partial charge >= 0.3 is 5.97 Å². The van der Waals surface area contributed by atoms with E-state index in [9.17, 15) is 9.59 Å². The molecule has 0 saturated carbocycles. The normalized spacial score (nSPS) is 19.6. The molecule has 0 spiro atoms. The summed E-state index contributed by atoms with van der Waals surface area (Å²) in [6, 6.07) is 9.48. The van der Waals surface area contributed by atoms with Gasteiger partial charge in [0.2, 0.25) is 0 Å². The minimum atomic E-state index is -0.974. The molecular formula is C18H19N3O4. The van der Waals surface area contributed by atoms with Crippen molar-refractivity contribution in [2.24, 2.45) is 0 Å². The minimum absolute atomic E-state index is 0.180. The predicted molar refractivity (Wildman–Crippen MR) is 90.1 cm³/mol. The summed E-state index contributed by atoms with van der Waals surface area (Å²) in [4.78, 5) is 32.4. The van der Waals surface area contributed by atoms with Crippen molar-refractivity contribution >= 4 is 11.9 Å². The average molecular weight is 341 g/mol. The Kier molecular flexibility index (Phi) is 4.76. The Hall–Kier alpha value is -2.80. The highest BCUT2D eigenvalue weighted by Crippen LogP contribution is 2.24. The highest BCUT2D eigenvalue weighted by atomic mass is 16.5. The van der Waals surface area contributed by atoms with Crippen molar-refractivity contribution < 1.29 is 19.4 Å². The molecule has 1 fully saturated rings. The number of rotatable bonds is 5. The average Bonchev–Trinajstić information content (AvgIpc) is 3.02. The maximum Gasteiger partial charge on any atom is 0.305 e. The Bertz CT molecular complexity index is 786. The van der Waals surface area contributed by atoms with Crippen LogP contribution in [0.15, 0.2) is 36.5 Å². The minimum Gasteiger partial charge on any atom is -0.481 e. The molecule has 1 aliphatic rings. The third-order valence-corrected chi connectivity index (χ3v) is 4.23. The zero-order valence-corrected chi connectivity index (χ0v) is 13.9. The third-order valence-electron chi connectivity index (χ3n) is 4.23. The van der Waals surface area contributed by atoms with Crippen molar-refractivity contribution in [2.75, 3.05) is 13.2 Å². The van der Waals surface area contributed by atoms with E-state index in [0.717, 1.165) is 5.56 Å². The number of benzene rings is 1. The molecule has 1 saturated heterocycles. The van der Waals surface area contributed by atoms with E-state index in [1.165, 1.54) is 6.20 Å². The van der Waals surface area contributed by atoms with Crippen LogP contribution in [0.1, 0.15) is 28.9 Å². The van der Waals surface area contributed by atoms with Crippen molar-refractivity contribution in [1.82, 2.24) is 15.3 Å². The number of aryl methyl sites for hydroxylation is 1. The molecule has 1 aliphatic heterocycles. The number of hydrogen-bond acceptors (Lipinski definition) is 5. The molecule has 0 aliphatic carbocycles. The van der Waals surface area contributed by atoms with Crippen LogP contribution in [0.5, 0.6) is 0 Å². The first-order valence-corrected chi connectivity index (χ1v) is 8.00. The van der Waals surface area contributed by atoms with Crippen LogP contribution in [0.2, 0.25) is 0 Å². The summed E-state index contributed by atoms with van der Waals surface area (Å²) in [5, 5.41) is 11.9. The molecule has 1 unspecified atom stereocenters. The highest BCUT2D eigenvalue weighted by molar-refractivity contribution is 5.96. The van der Waals surface area contributed by atoms with E-state index in [-0.39, 0.29) is 18.9 Å². The maximum atomic E-state index is 12.6. The summed E-state index contributed by atoms with van der Waals surface area (Å²) in [6.07, 6.45) is 1.76. The fourth-order valence-electron chi connectivity index (χ4n) is 2.90. The predicted octanol–water partition coefficient (Wildman–Crippen LogP) is 1.82. The molecule has 7 heteroatoms. The van der Waals surface area contributed by atoms with Gasteiger partial charge in [0.25, 0.3) is 5.91 Å². The van der Waals surface area contributed by atoms with Crippen LogP contribution in [0.3, 0.4) is 0 Å². The van der Waals surface area contributed by atoms with Gasteiger partial charge in [0, 0.05) is 18.4 Å². The fraction of sp³-hybridized carbons (Fsp3) is 0.333. The number of nitrogens with one attached hydrogen (secondary N) is 1. The number of hydrogen-bond donors (Lipinski definition) is 2. The van der Waals surface area contributed by atoms with Crippen LogP contribution in [0, 0.1) is 6.92 Å². The lowest BCUT2D eigenvalue weighted by atomic mass is 9.93. The van der Waals surface area contributed by atoms with Crippen molar-refractivity contribution in [3.63, 3.8) is 0 Å². The van der Waals surface area contributed by atoms with Gasteiger partial charge < -0.3 is 15.2 Å². The summed E-state index contributed by atoms with van der Waals surface area (Å²) >= 11 is 0. The smallest absolute Gasteiger partial charge is 0.305 e. The SMILES string of the molecule is Cc1nc(-c2ccccc2)ncc1C(=O)NC1(CC(=O)O)CCOC1. The number of ether oxygens (including phenoxy) is 1. The Morgan fingerprint density at radius 2 is 2.08 bits per heavy atom. The highest BCUT2D eigenvalue weighted by Gasteiger charge is 2.39. The lowest BCUT2D eigenvalue weighted by molar-refractivity contribution is -0.138. The second kappa shape index (κ2) is 6.98. The van der Waals surface area contributed by atoms with Crippen molar-refractivity contribution in [2.45, 2.75) is 25.3 Å². The molecule has 1 amide bonds. The number of aliphatic carboxylic acids is 1. The number of carboxylic acids is 1. The molecule has 25 heavy (non-hydrogen) atoms. The van der Waals surface area contributed by atoms with Crippen molar-refractivity contribution in [3.8, 4) is 11.4 Å². The van der Waals surface area contributed by atoms with Gasteiger partial charge in [-0.15, -0.1) is 0 Å². The van der Waals surface area contributed by atoms with Crippen LogP contribution in [-0.2, 0) is 9.53 Å². The first-order valence-electron chi connectivity index (χ1n) is 8.00. The van der Waals surface area contributed by atoms with Crippen LogP contribution in [0.4, 0.5) is 0 Å². The maximum absolute atomic E-state index is 12.6. The van der Waals surface area contributed by atoms with E-state index < -0.39 is 11.5 Å². The lowest BCUT2D eigenvalue weighted by Crippen LogP contribution is -2.50. The van der Waals surface area contributed by atoms with Gasteiger partial charge in [-0.1, -0.05) is 30.3 Å². The van der Waals surface area contributed by atoms with E-state index in [1.807, 2.05) is 30.3 Å². The van der Waals surface area contributed by atoms with Crippen molar-refractivity contribution in [3.05, 3.63) is 47.8 Å². The van der Waals surface area contributed by atoms with Gasteiger partial charge in [-0.2, -0.15) is 0 Å². The zero-order chi connectivity index (χ0) is 17.9. The first-order chi connectivity index (χ1) is 12.0. The molecule has 1 aromatic heterocycles. The summed E-state index contributed by atoms with van der Waals surface area (Å²) in [7, 11) is 0. The number of aromatic nitrogens is 2. The molecule has 1 aromatic carbocycles. The van der Waals surface area contributed by atoms with Crippen LogP contribution in [0.25, 0.3) is 11.4 Å². The molecule has 2 N–H and O–H groups in total. The monoisotopic (exact) mass is 341 g/mol.